The Morgan fingerprint density at radius 3 is 3.17 bits per heavy atom. The first-order valence-corrected chi connectivity index (χ1v) is 7.67. The Kier molecular flexibility index (Phi) is 3.16. The first-order valence-electron chi connectivity index (χ1n) is 6.38. The second-order valence-electron chi connectivity index (χ2n) is 4.90. The van der Waals surface area contributed by atoms with Gasteiger partial charge in [-0.3, -0.25) is 0 Å². The maximum absolute atomic E-state index is 4.54. The van der Waals surface area contributed by atoms with Gasteiger partial charge in [0.25, 0.3) is 0 Å². The number of hydrogen-bond donors (Lipinski definition) is 1. The first-order chi connectivity index (χ1) is 8.76. The van der Waals surface area contributed by atoms with E-state index in [9.17, 15) is 0 Å². The van der Waals surface area contributed by atoms with E-state index in [4.69, 9.17) is 0 Å². The molecule has 2 atom stereocenters. The topological polar surface area (TPSA) is 42.2 Å². The van der Waals surface area contributed by atoms with Crippen molar-refractivity contribution >= 4 is 23.4 Å². The number of fused-ring (bicyclic) bond motifs is 1. The zero-order chi connectivity index (χ0) is 12.5. The molecule has 3 rings (SSSR count). The van der Waals surface area contributed by atoms with Gasteiger partial charge in [-0.1, -0.05) is 6.42 Å². The van der Waals surface area contributed by atoms with Crippen LogP contribution >= 0.6 is 11.8 Å². The Labute approximate surface area is 111 Å². The van der Waals surface area contributed by atoms with E-state index in [1.54, 1.807) is 0 Å². The average molecular weight is 262 g/mol. The molecule has 0 saturated heterocycles. The minimum Gasteiger partial charge on any atom is -0.349 e. The van der Waals surface area contributed by atoms with Crippen LogP contribution in [0.1, 0.15) is 24.8 Å². The van der Waals surface area contributed by atoms with Gasteiger partial charge in [-0.15, -0.1) is 5.10 Å². The summed E-state index contributed by atoms with van der Waals surface area (Å²) in [5.41, 5.74) is 2.13. The summed E-state index contributed by atoms with van der Waals surface area (Å²) in [5, 5.41) is 8.65. The largest absolute Gasteiger partial charge is 0.349 e. The van der Waals surface area contributed by atoms with Crippen LogP contribution in [0.2, 0.25) is 0 Å². The fourth-order valence-electron chi connectivity index (χ4n) is 2.58. The number of thioether (sulfide) groups is 1. The molecule has 2 aromatic rings. The van der Waals surface area contributed by atoms with Gasteiger partial charge in [-0.25, -0.2) is 4.52 Å². The van der Waals surface area contributed by atoms with E-state index in [2.05, 4.69) is 34.6 Å². The maximum atomic E-state index is 4.54. The predicted molar refractivity (Wildman–Crippen MR) is 76.3 cm³/mol. The van der Waals surface area contributed by atoms with E-state index in [1.165, 1.54) is 24.8 Å². The van der Waals surface area contributed by atoms with Crippen LogP contribution < -0.4 is 5.32 Å². The molecule has 1 N–H and O–H groups in total. The van der Waals surface area contributed by atoms with E-state index in [0.29, 0.717) is 11.3 Å². The average Bonchev–Trinajstić information content (AvgIpc) is 2.94. The highest BCUT2D eigenvalue weighted by molar-refractivity contribution is 7.99. The molecule has 4 nitrogen and oxygen atoms in total. The third-order valence-corrected chi connectivity index (χ3v) is 4.73. The lowest BCUT2D eigenvalue weighted by Crippen LogP contribution is -2.26. The molecule has 5 heteroatoms. The van der Waals surface area contributed by atoms with Crippen LogP contribution in [-0.4, -0.2) is 32.1 Å². The van der Waals surface area contributed by atoms with Gasteiger partial charge in [0.1, 0.15) is 0 Å². The van der Waals surface area contributed by atoms with Crippen LogP contribution in [0, 0.1) is 6.92 Å². The first kappa shape index (κ1) is 11.8. The van der Waals surface area contributed by atoms with Crippen LogP contribution in [0.25, 0.3) is 5.65 Å². The molecule has 0 amide bonds. The number of hydrogen-bond acceptors (Lipinski definition) is 4. The van der Waals surface area contributed by atoms with E-state index in [-0.39, 0.29) is 0 Å². The van der Waals surface area contributed by atoms with Gasteiger partial charge in [0, 0.05) is 17.5 Å². The third-order valence-electron chi connectivity index (χ3n) is 3.56. The molecule has 0 aliphatic heterocycles. The van der Waals surface area contributed by atoms with Crippen molar-refractivity contribution in [3.05, 3.63) is 23.9 Å². The summed E-state index contributed by atoms with van der Waals surface area (Å²) >= 11 is 1.94. The second kappa shape index (κ2) is 4.80. The van der Waals surface area contributed by atoms with Crippen molar-refractivity contribution in [2.75, 3.05) is 11.6 Å². The van der Waals surface area contributed by atoms with Gasteiger partial charge in [-0.05, 0) is 43.7 Å². The second-order valence-corrected chi connectivity index (χ2v) is 5.98. The van der Waals surface area contributed by atoms with Crippen molar-refractivity contribution < 1.29 is 0 Å². The monoisotopic (exact) mass is 262 g/mol. The molecule has 1 fully saturated rings. The molecule has 96 valence electrons. The number of rotatable bonds is 3. The molecule has 2 unspecified atom stereocenters. The third kappa shape index (κ3) is 2.19. The van der Waals surface area contributed by atoms with E-state index in [0.717, 1.165) is 11.6 Å². The molecule has 1 aliphatic carbocycles. The number of nitrogens with one attached hydrogen (secondary N) is 1. The van der Waals surface area contributed by atoms with Gasteiger partial charge >= 0.3 is 0 Å². The minimum absolute atomic E-state index is 0.513. The lowest BCUT2D eigenvalue weighted by molar-refractivity contribution is 0.755. The molecule has 0 spiro atoms. The maximum Gasteiger partial charge on any atom is 0.243 e. The Balaban J connectivity index is 1.82. The molecule has 2 heterocycles. The Bertz CT molecular complexity index is 551. The number of nitrogens with zero attached hydrogens (tertiary/aromatic N) is 3. The highest BCUT2D eigenvalue weighted by Gasteiger charge is 2.27. The Morgan fingerprint density at radius 1 is 1.44 bits per heavy atom. The summed E-state index contributed by atoms with van der Waals surface area (Å²) in [5.74, 6) is 0.756. The molecule has 0 bridgehead atoms. The Hall–Kier alpha value is -1.23. The highest BCUT2D eigenvalue weighted by Crippen LogP contribution is 2.30. The standard InChI is InChI=1S/C13H18N4S/c1-9-6-7-17-12(8-9)15-13(16-17)14-10-4-3-5-11(10)18-2/h6-8,10-11H,3-5H2,1-2H3,(H,14,16). The van der Waals surface area contributed by atoms with E-state index >= 15 is 0 Å². The normalized spacial score (nSPS) is 23.7. The summed E-state index contributed by atoms with van der Waals surface area (Å²) in [4.78, 5) is 4.54. The summed E-state index contributed by atoms with van der Waals surface area (Å²) in [7, 11) is 0. The zero-order valence-electron chi connectivity index (χ0n) is 10.8. The zero-order valence-corrected chi connectivity index (χ0v) is 11.6. The summed E-state index contributed by atoms with van der Waals surface area (Å²) < 4.78 is 1.83. The summed E-state index contributed by atoms with van der Waals surface area (Å²) in [6.07, 6.45) is 7.97. The minimum atomic E-state index is 0.513. The van der Waals surface area contributed by atoms with E-state index in [1.807, 2.05) is 28.5 Å². The van der Waals surface area contributed by atoms with Gasteiger partial charge in [-0.2, -0.15) is 16.7 Å². The van der Waals surface area contributed by atoms with Crippen LogP contribution in [0.5, 0.6) is 0 Å². The molecule has 0 aromatic carbocycles. The fourth-order valence-corrected chi connectivity index (χ4v) is 3.52. The van der Waals surface area contributed by atoms with Crippen molar-refractivity contribution in [2.45, 2.75) is 37.5 Å². The molecule has 1 aliphatic rings. The molecule has 0 radical (unpaired) electrons. The Morgan fingerprint density at radius 2 is 2.33 bits per heavy atom. The van der Waals surface area contributed by atoms with Crippen molar-refractivity contribution in [2.24, 2.45) is 0 Å². The number of aryl methyl sites for hydroxylation is 1. The summed E-state index contributed by atoms with van der Waals surface area (Å²) in [6, 6.07) is 4.61. The SMILES string of the molecule is CSC1CCCC1Nc1nc2cc(C)ccn2n1. The summed E-state index contributed by atoms with van der Waals surface area (Å²) in [6.45, 7) is 2.07. The lowest BCUT2D eigenvalue weighted by atomic mass is 10.2. The van der Waals surface area contributed by atoms with Crippen molar-refractivity contribution in [1.29, 1.82) is 0 Å². The highest BCUT2D eigenvalue weighted by atomic mass is 32.2. The van der Waals surface area contributed by atoms with Crippen LogP contribution in [0.3, 0.4) is 0 Å². The predicted octanol–water partition coefficient (Wildman–Crippen LogP) is 2.73. The molecule has 2 aromatic heterocycles. The van der Waals surface area contributed by atoms with Gasteiger partial charge in [0.2, 0.25) is 5.95 Å². The van der Waals surface area contributed by atoms with Crippen molar-refractivity contribution in [1.82, 2.24) is 14.6 Å². The van der Waals surface area contributed by atoms with Gasteiger partial charge in [0.05, 0.1) is 0 Å². The van der Waals surface area contributed by atoms with E-state index < -0.39 is 0 Å². The van der Waals surface area contributed by atoms with Crippen molar-refractivity contribution in [3.8, 4) is 0 Å². The van der Waals surface area contributed by atoms with Crippen LogP contribution in [-0.2, 0) is 0 Å². The lowest BCUT2D eigenvalue weighted by Gasteiger charge is -2.17. The number of pyridine rings is 1. The molecular weight excluding hydrogens is 244 g/mol. The fraction of sp³-hybridized carbons (Fsp3) is 0.538. The quantitative estimate of drug-likeness (QED) is 0.923. The number of aromatic nitrogens is 3. The van der Waals surface area contributed by atoms with Crippen molar-refractivity contribution in [3.63, 3.8) is 0 Å². The smallest absolute Gasteiger partial charge is 0.243 e. The molecule has 18 heavy (non-hydrogen) atoms. The molecule has 1 saturated carbocycles. The molecular formula is C13H18N4S. The van der Waals surface area contributed by atoms with Crippen LogP contribution in [0.15, 0.2) is 18.3 Å². The number of anilines is 1. The van der Waals surface area contributed by atoms with Crippen LogP contribution in [0.4, 0.5) is 5.95 Å². The van der Waals surface area contributed by atoms with Gasteiger partial charge < -0.3 is 5.32 Å². The van der Waals surface area contributed by atoms with Gasteiger partial charge in [0.15, 0.2) is 5.65 Å².